The van der Waals surface area contributed by atoms with Gasteiger partial charge >= 0.3 is 5.97 Å². The first-order valence-corrected chi connectivity index (χ1v) is 9.43. The highest BCUT2D eigenvalue weighted by molar-refractivity contribution is 6.02. The Morgan fingerprint density at radius 2 is 1.43 bits per heavy atom. The number of carbonyl (C=O) groups excluding carboxylic acids is 3. The van der Waals surface area contributed by atoms with E-state index in [-0.39, 0.29) is 18.7 Å². The molecule has 0 heterocycles. The number of anilines is 2. The Hall–Kier alpha value is -3.87. The average molecular weight is 406 g/mol. The molecule has 0 atom stereocenters. The van der Waals surface area contributed by atoms with Crippen molar-refractivity contribution in [2.75, 3.05) is 24.4 Å². The number of amides is 2. The molecule has 7 heteroatoms. The highest BCUT2D eigenvalue weighted by atomic mass is 16.5. The van der Waals surface area contributed by atoms with Gasteiger partial charge in [0.25, 0.3) is 5.91 Å². The second-order valence-corrected chi connectivity index (χ2v) is 6.48. The lowest BCUT2D eigenvalue weighted by atomic mass is 10.1. The van der Waals surface area contributed by atoms with Crippen molar-refractivity contribution in [3.05, 3.63) is 66.7 Å². The van der Waals surface area contributed by atoms with Gasteiger partial charge in [-0.1, -0.05) is 48.5 Å². The van der Waals surface area contributed by atoms with Crippen LogP contribution in [0.25, 0.3) is 10.8 Å². The van der Waals surface area contributed by atoms with E-state index in [1.807, 2.05) is 36.4 Å². The number of esters is 1. The Kier molecular flexibility index (Phi) is 7.00. The predicted molar refractivity (Wildman–Crippen MR) is 114 cm³/mol. The number of hydrogen-bond donors (Lipinski definition) is 2. The number of benzene rings is 3. The first-order chi connectivity index (χ1) is 14.6. The summed E-state index contributed by atoms with van der Waals surface area (Å²) < 4.78 is 10.1. The van der Waals surface area contributed by atoms with Crippen LogP contribution in [0.1, 0.15) is 12.8 Å². The van der Waals surface area contributed by atoms with E-state index in [9.17, 15) is 14.4 Å². The van der Waals surface area contributed by atoms with Gasteiger partial charge in [0.1, 0.15) is 5.75 Å². The second-order valence-electron chi connectivity index (χ2n) is 6.48. The molecule has 3 aromatic rings. The van der Waals surface area contributed by atoms with Crippen LogP contribution in [0.2, 0.25) is 0 Å². The van der Waals surface area contributed by atoms with Gasteiger partial charge in [-0.15, -0.1) is 0 Å². The van der Waals surface area contributed by atoms with Crippen LogP contribution in [0.4, 0.5) is 11.4 Å². The Bertz CT molecular complexity index is 1060. The number of hydrogen-bond acceptors (Lipinski definition) is 5. The van der Waals surface area contributed by atoms with Crippen molar-refractivity contribution < 1.29 is 23.9 Å². The SMILES string of the molecule is COc1ccccc1NC(=O)CCC(=O)OCC(=O)Nc1cccc2ccccc12. The summed E-state index contributed by atoms with van der Waals surface area (Å²) >= 11 is 0. The zero-order chi connectivity index (χ0) is 21.3. The monoisotopic (exact) mass is 406 g/mol. The van der Waals surface area contributed by atoms with Crippen LogP contribution < -0.4 is 15.4 Å². The summed E-state index contributed by atoms with van der Waals surface area (Å²) in [4.78, 5) is 36.0. The van der Waals surface area contributed by atoms with Crippen molar-refractivity contribution >= 4 is 39.9 Å². The summed E-state index contributed by atoms with van der Waals surface area (Å²) in [6.45, 7) is -0.420. The highest BCUT2D eigenvalue weighted by Crippen LogP contribution is 2.24. The van der Waals surface area contributed by atoms with Gasteiger partial charge in [0.2, 0.25) is 5.91 Å². The van der Waals surface area contributed by atoms with E-state index >= 15 is 0 Å². The molecule has 7 nitrogen and oxygen atoms in total. The van der Waals surface area contributed by atoms with Gasteiger partial charge in [0, 0.05) is 17.5 Å². The molecule has 0 unspecified atom stereocenters. The first-order valence-electron chi connectivity index (χ1n) is 9.43. The number of rotatable bonds is 8. The molecular formula is C23H22N2O5. The largest absolute Gasteiger partial charge is 0.495 e. The molecule has 0 aromatic heterocycles. The van der Waals surface area contributed by atoms with E-state index < -0.39 is 18.5 Å². The number of para-hydroxylation sites is 2. The maximum absolute atomic E-state index is 12.1. The lowest BCUT2D eigenvalue weighted by Crippen LogP contribution is -2.22. The summed E-state index contributed by atoms with van der Waals surface area (Å²) in [6, 6.07) is 20.2. The first kappa shape index (κ1) is 20.9. The van der Waals surface area contributed by atoms with Gasteiger partial charge in [-0.25, -0.2) is 0 Å². The molecule has 0 radical (unpaired) electrons. The van der Waals surface area contributed by atoms with Gasteiger partial charge in [0.05, 0.1) is 19.2 Å². The Balaban J connectivity index is 1.44. The van der Waals surface area contributed by atoms with E-state index in [0.29, 0.717) is 17.1 Å². The molecule has 0 aliphatic heterocycles. The van der Waals surface area contributed by atoms with Crippen LogP contribution >= 0.6 is 0 Å². The molecule has 0 saturated carbocycles. The maximum Gasteiger partial charge on any atom is 0.306 e. The number of nitrogens with one attached hydrogen (secondary N) is 2. The van der Waals surface area contributed by atoms with Gasteiger partial charge in [-0.05, 0) is 23.6 Å². The fourth-order valence-electron chi connectivity index (χ4n) is 2.92. The molecule has 0 fully saturated rings. The molecule has 0 saturated heterocycles. The van der Waals surface area contributed by atoms with Crippen LogP contribution in [-0.2, 0) is 19.1 Å². The molecule has 30 heavy (non-hydrogen) atoms. The Morgan fingerprint density at radius 3 is 2.27 bits per heavy atom. The topological polar surface area (TPSA) is 93.7 Å². The van der Waals surface area contributed by atoms with Crippen LogP contribution in [0, 0.1) is 0 Å². The molecule has 0 aliphatic carbocycles. The van der Waals surface area contributed by atoms with E-state index in [4.69, 9.17) is 9.47 Å². The summed E-state index contributed by atoms with van der Waals surface area (Å²) in [5, 5.41) is 7.31. The Morgan fingerprint density at radius 1 is 0.767 bits per heavy atom. The summed E-state index contributed by atoms with van der Waals surface area (Å²) in [6.07, 6.45) is -0.204. The van der Waals surface area contributed by atoms with Crippen molar-refractivity contribution in [1.29, 1.82) is 0 Å². The minimum atomic E-state index is -0.627. The van der Waals surface area contributed by atoms with E-state index in [0.717, 1.165) is 10.8 Å². The molecule has 2 amide bonds. The van der Waals surface area contributed by atoms with Crippen molar-refractivity contribution in [3.8, 4) is 5.75 Å². The minimum Gasteiger partial charge on any atom is -0.495 e. The third-order valence-corrected chi connectivity index (χ3v) is 4.37. The molecule has 0 aliphatic rings. The number of carbonyl (C=O) groups is 3. The maximum atomic E-state index is 12.1. The quantitative estimate of drug-likeness (QED) is 0.556. The molecule has 3 rings (SSSR count). The van der Waals surface area contributed by atoms with Gasteiger partial charge < -0.3 is 20.1 Å². The summed E-state index contributed by atoms with van der Waals surface area (Å²) in [5.41, 5.74) is 1.16. The molecular weight excluding hydrogens is 384 g/mol. The lowest BCUT2D eigenvalue weighted by Gasteiger charge is -2.10. The summed E-state index contributed by atoms with van der Waals surface area (Å²) in [5.74, 6) is -0.897. The van der Waals surface area contributed by atoms with E-state index in [2.05, 4.69) is 10.6 Å². The highest BCUT2D eigenvalue weighted by Gasteiger charge is 2.13. The zero-order valence-corrected chi connectivity index (χ0v) is 16.5. The van der Waals surface area contributed by atoms with Crippen LogP contribution in [0.15, 0.2) is 66.7 Å². The number of fused-ring (bicyclic) bond motifs is 1. The van der Waals surface area contributed by atoms with Crippen molar-refractivity contribution in [3.63, 3.8) is 0 Å². The standard InChI is InChI=1S/C23H22N2O5/c1-29-20-12-5-4-10-19(20)25-21(26)13-14-23(28)30-15-22(27)24-18-11-6-8-16-7-2-3-9-17(16)18/h2-12H,13-15H2,1H3,(H,24,27)(H,25,26). The zero-order valence-electron chi connectivity index (χ0n) is 16.5. The second kappa shape index (κ2) is 10.1. The van der Waals surface area contributed by atoms with E-state index in [1.165, 1.54) is 7.11 Å². The van der Waals surface area contributed by atoms with Crippen LogP contribution in [-0.4, -0.2) is 31.5 Å². The van der Waals surface area contributed by atoms with Gasteiger partial charge in [-0.2, -0.15) is 0 Å². The smallest absolute Gasteiger partial charge is 0.306 e. The van der Waals surface area contributed by atoms with Gasteiger partial charge in [0.15, 0.2) is 6.61 Å². The third-order valence-electron chi connectivity index (χ3n) is 4.37. The van der Waals surface area contributed by atoms with Crippen LogP contribution in [0.3, 0.4) is 0 Å². The number of methoxy groups -OCH3 is 1. The van der Waals surface area contributed by atoms with Crippen molar-refractivity contribution in [2.45, 2.75) is 12.8 Å². The molecule has 154 valence electrons. The van der Waals surface area contributed by atoms with Crippen molar-refractivity contribution in [2.24, 2.45) is 0 Å². The summed E-state index contributed by atoms with van der Waals surface area (Å²) in [7, 11) is 1.51. The molecule has 2 N–H and O–H groups in total. The Labute approximate surface area is 174 Å². The predicted octanol–water partition coefficient (Wildman–Crippen LogP) is 3.75. The normalized spacial score (nSPS) is 10.3. The average Bonchev–Trinajstić information content (AvgIpc) is 2.77. The lowest BCUT2D eigenvalue weighted by molar-refractivity contribution is -0.147. The number of ether oxygens (including phenoxy) is 2. The van der Waals surface area contributed by atoms with E-state index in [1.54, 1.807) is 30.3 Å². The molecule has 3 aromatic carbocycles. The fraction of sp³-hybridized carbons (Fsp3) is 0.174. The fourth-order valence-corrected chi connectivity index (χ4v) is 2.92. The third kappa shape index (κ3) is 5.57. The molecule has 0 bridgehead atoms. The van der Waals surface area contributed by atoms with Crippen LogP contribution in [0.5, 0.6) is 5.75 Å². The minimum absolute atomic E-state index is 0.0676. The van der Waals surface area contributed by atoms with Crippen molar-refractivity contribution in [1.82, 2.24) is 0 Å². The molecule has 0 spiro atoms. The van der Waals surface area contributed by atoms with Gasteiger partial charge in [-0.3, -0.25) is 14.4 Å².